The van der Waals surface area contributed by atoms with Crippen LogP contribution in [0.1, 0.15) is 16.2 Å². The Morgan fingerprint density at radius 1 is 1.44 bits per heavy atom. The number of hydrogen-bond donors (Lipinski definition) is 1. The maximum absolute atomic E-state index is 12.0. The first kappa shape index (κ1) is 13.4. The van der Waals surface area contributed by atoms with Crippen LogP contribution in [0.2, 0.25) is 5.02 Å². The minimum absolute atomic E-state index is 0.262. The zero-order valence-corrected chi connectivity index (χ0v) is 12.8. The summed E-state index contributed by atoms with van der Waals surface area (Å²) in [6.07, 6.45) is 0. The van der Waals surface area contributed by atoms with E-state index in [0.29, 0.717) is 16.4 Å². The smallest absolute Gasteiger partial charge is 0.276 e. The van der Waals surface area contributed by atoms with Crippen molar-refractivity contribution in [2.75, 3.05) is 5.32 Å². The van der Waals surface area contributed by atoms with E-state index in [2.05, 4.69) is 33.0 Å². The highest BCUT2D eigenvalue weighted by atomic mass is 127. The average Bonchev–Trinajstić information content (AvgIpc) is 2.63. The molecule has 94 valence electrons. The largest absolute Gasteiger partial charge is 0.319 e. The van der Waals surface area contributed by atoms with Crippen molar-refractivity contribution in [3.05, 3.63) is 44.2 Å². The van der Waals surface area contributed by atoms with Gasteiger partial charge in [-0.3, -0.25) is 9.48 Å². The number of carbonyl (C=O) groups excluding carboxylic acids is 1. The van der Waals surface area contributed by atoms with Gasteiger partial charge in [-0.25, -0.2) is 0 Å². The van der Waals surface area contributed by atoms with Gasteiger partial charge in [-0.2, -0.15) is 5.10 Å². The van der Waals surface area contributed by atoms with Crippen molar-refractivity contribution in [2.45, 2.75) is 6.92 Å². The maximum atomic E-state index is 12.0. The highest BCUT2D eigenvalue weighted by Gasteiger charge is 2.12. The Kier molecular flexibility index (Phi) is 3.91. The van der Waals surface area contributed by atoms with Gasteiger partial charge in [0, 0.05) is 16.3 Å². The van der Waals surface area contributed by atoms with E-state index >= 15 is 0 Å². The summed E-state index contributed by atoms with van der Waals surface area (Å²) in [6, 6.07) is 7.18. The summed E-state index contributed by atoms with van der Waals surface area (Å²) >= 11 is 8.21. The van der Waals surface area contributed by atoms with Crippen molar-refractivity contribution in [1.82, 2.24) is 9.78 Å². The molecule has 2 rings (SSSR count). The monoisotopic (exact) mass is 375 g/mol. The van der Waals surface area contributed by atoms with E-state index in [1.807, 2.05) is 13.0 Å². The van der Waals surface area contributed by atoms with Gasteiger partial charge in [-0.15, -0.1) is 0 Å². The molecule has 0 spiro atoms. The van der Waals surface area contributed by atoms with Crippen molar-refractivity contribution in [3.8, 4) is 0 Å². The summed E-state index contributed by atoms with van der Waals surface area (Å²) in [5.41, 5.74) is 1.89. The molecule has 0 aliphatic heterocycles. The fourth-order valence-corrected chi connectivity index (χ4v) is 2.35. The number of nitrogens with zero attached hydrogens (tertiary/aromatic N) is 2. The Morgan fingerprint density at radius 2 is 2.17 bits per heavy atom. The first-order chi connectivity index (χ1) is 8.47. The second kappa shape index (κ2) is 5.27. The average molecular weight is 376 g/mol. The zero-order valence-electron chi connectivity index (χ0n) is 9.87. The van der Waals surface area contributed by atoms with E-state index in [1.54, 1.807) is 29.9 Å². The highest BCUT2D eigenvalue weighted by molar-refractivity contribution is 14.1. The van der Waals surface area contributed by atoms with Crippen LogP contribution in [0.4, 0.5) is 5.69 Å². The van der Waals surface area contributed by atoms with Gasteiger partial charge in [0.2, 0.25) is 0 Å². The Bertz CT molecular complexity index is 590. The first-order valence-electron chi connectivity index (χ1n) is 5.24. The molecule has 0 unspecified atom stereocenters. The number of anilines is 1. The molecule has 0 saturated heterocycles. The maximum Gasteiger partial charge on any atom is 0.276 e. The molecular weight excluding hydrogens is 365 g/mol. The topological polar surface area (TPSA) is 46.9 Å². The summed E-state index contributed by atoms with van der Waals surface area (Å²) in [5.74, 6) is -0.262. The number of aromatic nitrogens is 2. The summed E-state index contributed by atoms with van der Waals surface area (Å²) in [7, 11) is 1.80. The van der Waals surface area contributed by atoms with Crippen LogP contribution >= 0.6 is 34.2 Å². The fourth-order valence-electron chi connectivity index (χ4n) is 1.45. The van der Waals surface area contributed by atoms with Gasteiger partial charge in [0.25, 0.3) is 5.91 Å². The second-order valence-corrected chi connectivity index (χ2v) is 5.53. The standard InChI is InChI=1S/C12H11ClIN3O/c1-7-5-11(16-17(7)2)12(18)15-10-4-3-8(14)6-9(10)13/h3-6H,1-2H3,(H,15,18). The SMILES string of the molecule is Cc1cc(C(=O)Nc2ccc(I)cc2Cl)nn1C. The number of aryl methyl sites for hydroxylation is 2. The molecule has 0 fully saturated rings. The molecule has 18 heavy (non-hydrogen) atoms. The summed E-state index contributed by atoms with van der Waals surface area (Å²) < 4.78 is 2.68. The molecule has 0 bridgehead atoms. The molecule has 4 nitrogen and oxygen atoms in total. The number of nitrogens with one attached hydrogen (secondary N) is 1. The normalized spacial score (nSPS) is 10.4. The molecule has 0 radical (unpaired) electrons. The Labute approximate surface area is 123 Å². The zero-order chi connectivity index (χ0) is 13.3. The fraction of sp³-hybridized carbons (Fsp3) is 0.167. The molecule has 0 aliphatic rings. The Hall–Kier alpha value is -1.08. The lowest BCUT2D eigenvalue weighted by Crippen LogP contribution is -2.13. The summed E-state index contributed by atoms with van der Waals surface area (Å²) in [5, 5.41) is 7.37. The van der Waals surface area contributed by atoms with E-state index in [4.69, 9.17) is 11.6 Å². The van der Waals surface area contributed by atoms with E-state index < -0.39 is 0 Å². The minimum atomic E-state index is -0.262. The van der Waals surface area contributed by atoms with E-state index in [9.17, 15) is 4.79 Å². The molecule has 0 saturated carbocycles. The molecule has 1 heterocycles. The number of hydrogen-bond acceptors (Lipinski definition) is 2. The van der Waals surface area contributed by atoms with Gasteiger partial charge >= 0.3 is 0 Å². The van der Waals surface area contributed by atoms with Crippen LogP contribution in [-0.2, 0) is 7.05 Å². The first-order valence-corrected chi connectivity index (χ1v) is 6.70. The second-order valence-electron chi connectivity index (χ2n) is 3.87. The van der Waals surface area contributed by atoms with Crippen LogP contribution in [0.3, 0.4) is 0 Å². The van der Waals surface area contributed by atoms with Crippen molar-refractivity contribution in [1.29, 1.82) is 0 Å². The molecule has 0 aliphatic carbocycles. The highest BCUT2D eigenvalue weighted by Crippen LogP contribution is 2.24. The van der Waals surface area contributed by atoms with Gasteiger partial charge in [0.15, 0.2) is 5.69 Å². The number of halogens is 2. The molecule has 2 aromatic rings. The Balaban J connectivity index is 2.21. The molecule has 1 aromatic carbocycles. The molecule has 0 atom stereocenters. The van der Waals surface area contributed by atoms with Gasteiger partial charge < -0.3 is 5.32 Å². The number of benzene rings is 1. The van der Waals surface area contributed by atoms with Crippen LogP contribution in [0.25, 0.3) is 0 Å². The van der Waals surface area contributed by atoms with Gasteiger partial charge in [0.05, 0.1) is 10.7 Å². The van der Waals surface area contributed by atoms with Crippen molar-refractivity contribution in [2.24, 2.45) is 7.05 Å². The lowest BCUT2D eigenvalue weighted by Gasteiger charge is -2.05. The number of amides is 1. The Morgan fingerprint density at radius 3 is 2.72 bits per heavy atom. The summed E-state index contributed by atoms with van der Waals surface area (Å²) in [4.78, 5) is 12.0. The molecule has 1 N–H and O–H groups in total. The third-order valence-electron chi connectivity index (χ3n) is 2.53. The third kappa shape index (κ3) is 2.84. The predicted molar refractivity (Wildman–Crippen MR) is 80.1 cm³/mol. The third-order valence-corrected chi connectivity index (χ3v) is 3.51. The minimum Gasteiger partial charge on any atom is -0.319 e. The van der Waals surface area contributed by atoms with Crippen molar-refractivity contribution < 1.29 is 4.79 Å². The van der Waals surface area contributed by atoms with Crippen molar-refractivity contribution in [3.63, 3.8) is 0 Å². The van der Waals surface area contributed by atoms with Crippen LogP contribution in [0.5, 0.6) is 0 Å². The lowest BCUT2D eigenvalue weighted by atomic mass is 10.3. The van der Waals surface area contributed by atoms with Crippen molar-refractivity contribution >= 4 is 45.8 Å². The number of rotatable bonds is 2. The van der Waals surface area contributed by atoms with Crippen LogP contribution in [-0.4, -0.2) is 15.7 Å². The molecule has 1 aromatic heterocycles. The van der Waals surface area contributed by atoms with Crippen LogP contribution in [0.15, 0.2) is 24.3 Å². The van der Waals surface area contributed by atoms with Gasteiger partial charge in [-0.05, 0) is 53.8 Å². The molecule has 1 amide bonds. The number of carbonyl (C=O) groups is 1. The van der Waals surface area contributed by atoms with Gasteiger partial charge in [0.1, 0.15) is 0 Å². The molecular formula is C12H11ClIN3O. The van der Waals surface area contributed by atoms with E-state index in [0.717, 1.165) is 9.26 Å². The van der Waals surface area contributed by atoms with E-state index in [1.165, 1.54) is 0 Å². The molecule has 6 heteroatoms. The van der Waals surface area contributed by atoms with E-state index in [-0.39, 0.29) is 5.91 Å². The lowest BCUT2D eigenvalue weighted by molar-refractivity contribution is 0.102. The summed E-state index contributed by atoms with van der Waals surface area (Å²) in [6.45, 7) is 1.89. The van der Waals surface area contributed by atoms with Gasteiger partial charge in [-0.1, -0.05) is 11.6 Å². The van der Waals surface area contributed by atoms with Crippen LogP contribution < -0.4 is 5.32 Å². The van der Waals surface area contributed by atoms with Crippen LogP contribution in [0, 0.1) is 10.5 Å². The predicted octanol–water partition coefficient (Wildman–Crippen LogP) is 3.24. The quantitative estimate of drug-likeness (QED) is 0.819.